The fourth-order valence-corrected chi connectivity index (χ4v) is 2.27. The van der Waals surface area contributed by atoms with Gasteiger partial charge in [0.1, 0.15) is 0 Å². The summed E-state index contributed by atoms with van der Waals surface area (Å²) in [6, 6.07) is 5.21. The molecule has 0 aliphatic rings. The van der Waals surface area contributed by atoms with E-state index in [1.54, 1.807) is 26.4 Å². The van der Waals surface area contributed by atoms with E-state index in [0.717, 1.165) is 18.4 Å². The third-order valence-electron chi connectivity index (χ3n) is 3.64. The molecule has 0 saturated heterocycles. The lowest BCUT2D eigenvalue weighted by atomic mass is 9.89. The van der Waals surface area contributed by atoms with Crippen molar-refractivity contribution in [2.45, 2.75) is 46.1 Å². The van der Waals surface area contributed by atoms with Crippen molar-refractivity contribution in [3.8, 4) is 11.5 Å². The van der Waals surface area contributed by atoms with Gasteiger partial charge in [-0.3, -0.25) is 4.79 Å². The molecule has 5 heteroatoms. The van der Waals surface area contributed by atoms with Gasteiger partial charge in [-0.25, -0.2) is 0 Å². The number of rotatable bonds is 8. The lowest BCUT2D eigenvalue weighted by Gasteiger charge is -2.22. The van der Waals surface area contributed by atoms with Gasteiger partial charge in [-0.2, -0.15) is 0 Å². The van der Waals surface area contributed by atoms with Gasteiger partial charge in [0.05, 0.1) is 33.3 Å². The Bertz CT molecular complexity index is 508. The maximum atomic E-state index is 12.2. The van der Waals surface area contributed by atoms with Crippen molar-refractivity contribution in [3.63, 3.8) is 0 Å². The molecule has 1 aromatic carbocycles. The molecule has 0 aromatic heterocycles. The Balaban J connectivity index is 2.61. The minimum atomic E-state index is -0.207. The van der Waals surface area contributed by atoms with Crippen molar-refractivity contribution < 1.29 is 19.4 Å². The second kappa shape index (κ2) is 8.77. The fraction of sp³-hybridized carbons (Fsp3) is 0.611. The van der Waals surface area contributed by atoms with Crippen LogP contribution in [0, 0.1) is 5.41 Å². The molecule has 1 aromatic rings. The smallest absolute Gasteiger partial charge is 0.224 e. The molecule has 0 saturated carbocycles. The van der Waals surface area contributed by atoms with Gasteiger partial charge in [0.25, 0.3) is 0 Å². The molecule has 0 aliphatic heterocycles. The highest BCUT2D eigenvalue weighted by Crippen LogP contribution is 2.27. The summed E-state index contributed by atoms with van der Waals surface area (Å²) in [5.74, 6) is 1.13. The highest BCUT2D eigenvalue weighted by atomic mass is 16.5. The first-order valence-corrected chi connectivity index (χ1v) is 7.90. The first kappa shape index (κ1) is 19.3. The first-order chi connectivity index (χ1) is 10.8. The number of carbonyl (C=O) groups is 1. The number of nitrogens with one attached hydrogen (secondary N) is 1. The van der Waals surface area contributed by atoms with Crippen molar-refractivity contribution in [1.29, 1.82) is 0 Å². The van der Waals surface area contributed by atoms with Crippen molar-refractivity contribution >= 4 is 5.91 Å². The Morgan fingerprint density at radius 1 is 1.22 bits per heavy atom. The molecule has 1 atom stereocenters. The van der Waals surface area contributed by atoms with Crippen LogP contribution in [-0.2, 0) is 11.2 Å². The predicted molar refractivity (Wildman–Crippen MR) is 91.0 cm³/mol. The number of benzene rings is 1. The molecule has 0 bridgehead atoms. The van der Waals surface area contributed by atoms with E-state index in [4.69, 9.17) is 9.47 Å². The second-order valence-corrected chi connectivity index (χ2v) is 6.91. The summed E-state index contributed by atoms with van der Waals surface area (Å²) >= 11 is 0. The van der Waals surface area contributed by atoms with Gasteiger partial charge in [-0.05, 0) is 36.0 Å². The maximum absolute atomic E-state index is 12.2. The molecule has 0 spiro atoms. The number of aliphatic hydroxyl groups is 1. The van der Waals surface area contributed by atoms with Gasteiger partial charge in [-0.15, -0.1) is 0 Å². The van der Waals surface area contributed by atoms with E-state index in [2.05, 4.69) is 26.1 Å². The summed E-state index contributed by atoms with van der Waals surface area (Å²) in [7, 11) is 3.14. The Morgan fingerprint density at radius 2 is 1.87 bits per heavy atom. The zero-order valence-corrected chi connectivity index (χ0v) is 14.8. The number of carbonyl (C=O) groups excluding carboxylic acids is 1. The standard InChI is InChI=1S/C18H29NO4/c1-18(2,3)9-8-14(12-20)19-17(21)11-13-6-7-15(22-4)16(10-13)23-5/h6-7,10,14,20H,8-9,11-12H2,1-5H3,(H,19,21). The average molecular weight is 323 g/mol. The summed E-state index contributed by atoms with van der Waals surface area (Å²) in [6.45, 7) is 6.39. The number of ether oxygens (including phenoxy) is 2. The fourth-order valence-electron chi connectivity index (χ4n) is 2.27. The van der Waals surface area contributed by atoms with E-state index < -0.39 is 0 Å². The summed E-state index contributed by atoms with van der Waals surface area (Å²) in [4.78, 5) is 12.2. The minimum absolute atomic E-state index is 0.0479. The summed E-state index contributed by atoms with van der Waals surface area (Å²) in [5.41, 5.74) is 1.02. The van der Waals surface area contributed by atoms with Crippen LogP contribution in [0.1, 0.15) is 39.2 Å². The van der Waals surface area contributed by atoms with E-state index in [1.165, 1.54) is 0 Å². The van der Waals surface area contributed by atoms with Crippen molar-refractivity contribution in [2.75, 3.05) is 20.8 Å². The quantitative estimate of drug-likeness (QED) is 0.771. The van der Waals surface area contributed by atoms with Gasteiger partial charge < -0.3 is 19.9 Å². The third-order valence-corrected chi connectivity index (χ3v) is 3.64. The number of hydrogen-bond acceptors (Lipinski definition) is 4. The summed E-state index contributed by atoms with van der Waals surface area (Å²) in [6.07, 6.45) is 1.94. The van der Waals surface area contributed by atoms with Gasteiger partial charge in [-0.1, -0.05) is 26.8 Å². The highest BCUT2D eigenvalue weighted by Gasteiger charge is 2.17. The summed E-state index contributed by atoms with van der Waals surface area (Å²) in [5, 5.41) is 12.3. The number of hydrogen-bond donors (Lipinski definition) is 2. The van der Waals surface area contributed by atoms with Gasteiger partial charge in [0, 0.05) is 0 Å². The Morgan fingerprint density at radius 3 is 2.39 bits per heavy atom. The zero-order valence-electron chi connectivity index (χ0n) is 14.8. The van der Waals surface area contributed by atoms with Crippen molar-refractivity contribution in [2.24, 2.45) is 5.41 Å². The molecule has 1 rings (SSSR count). The number of aliphatic hydroxyl groups excluding tert-OH is 1. The largest absolute Gasteiger partial charge is 0.493 e. The third kappa shape index (κ3) is 6.91. The van der Waals surface area contributed by atoms with E-state index in [9.17, 15) is 9.90 Å². The molecule has 0 heterocycles. The van der Waals surface area contributed by atoms with Crippen LogP contribution in [0.2, 0.25) is 0 Å². The van der Waals surface area contributed by atoms with Gasteiger partial charge in [0.2, 0.25) is 5.91 Å². The van der Waals surface area contributed by atoms with Crippen LogP contribution in [0.3, 0.4) is 0 Å². The molecular formula is C18H29NO4. The Labute approximate surface area is 139 Å². The van der Waals surface area contributed by atoms with Crippen molar-refractivity contribution in [1.82, 2.24) is 5.32 Å². The lowest BCUT2D eigenvalue weighted by Crippen LogP contribution is -2.39. The highest BCUT2D eigenvalue weighted by molar-refractivity contribution is 5.79. The normalized spacial score (nSPS) is 12.6. The molecule has 130 valence electrons. The molecule has 2 N–H and O–H groups in total. The van der Waals surface area contributed by atoms with E-state index >= 15 is 0 Å². The maximum Gasteiger partial charge on any atom is 0.224 e. The molecule has 1 amide bonds. The van der Waals surface area contributed by atoms with E-state index in [1.807, 2.05) is 6.07 Å². The molecule has 0 radical (unpaired) electrons. The molecule has 0 aliphatic carbocycles. The molecule has 5 nitrogen and oxygen atoms in total. The van der Waals surface area contributed by atoms with Crippen LogP contribution in [-0.4, -0.2) is 37.9 Å². The van der Waals surface area contributed by atoms with Crippen molar-refractivity contribution in [3.05, 3.63) is 23.8 Å². The second-order valence-electron chi connectivity index (χ2n) is 6.91. The SMILES string of the molecule is COc1ccc(CC(=O)NC(CO)CCC(C)(C)C)cc1OC. The monoisotopic (exact) mass is 323 g/mol. The predicted octanol–water partition coefficient (Wildman–Crippen LogP) is 2.55. The molecule has 0 fully saturated rings. The van der Waals surface area contributed by atoms with E-state index in [0.29, 0.717) is 11.5 Å². The minimum Gasteiger partial charge on any atom is -0.493 e. The number of methoxy groups -OCH3 is 2. The molecule has 23 heavy (non-hydrogen) atoms. The van der Waals surface area contributed by atoms with Gasteiger partial charge in [0.15, 0.2) is 11.5 Å². The van der Waals surface area contributed by atoms with Crippen LogP contribution < -0.4 is 14.8 Å². The van der Waals surface area contributed by atoms with Crippen LogP contribution in [0.15, 0.2) is 18.2 Å². The average Bonchev–Trinajstić information content (AvgIpc) is 2.50. The zero-order chi connectivity index (χ0) is 17.5. The van der Waals surface area contributed by atoms with Crippen LogP contribution in [0.25, 0.3) is 0 Å². The first-order valence-electron chi connectivity index (χ1n) is 7.90. The molecular weight excluding hydrogens is 294 g/mol. The van der Waals surface area contributed by atoms with Crippen LogP contribution in [0.5, 0.6) is 11.5 Å². The Kier molecular flexibility index (Phi) is 7.36. The van der Waals surface area contributed by atoms with Gasteiger partial charge >= 0.3 is 0 Å². The van der Waals surface area contributed by atoms with Crippen LogP contribution >= 0.6 is 0 Å². The Hall–Kier alpha value is -1.75. The summed E-state index contributed by atoms with van der Waals surface area (Å²) < 4.78 is 10.4. The van der Waals surface area contributed by atoms with Crippen LogP contribution in [0.4, 0.5) is 0 Å². The molecule has 1 unspecified atom stereocenters. The van der Waals surface area contributed by atoms with E-state index in [-0.39, 0.29) is 30.4 Å². The lowest BCUT2D eigenvalue weighted by molar-refractivity contribution is -0.121. The number of amides is 1. The topological polar surface area (TPSA) is 67.8 Å².